The predicted molar refractivity (Wildman–Crippen MR) is 44.3 cm³/mol. The molecule has 2 unspecified atom stereocenters. The Kier molecular flexibility index (Phi) is 3.87. The molecule has 0 aliphatic heterocycles. The highest BCUT2D eigenvalue weighted by atomic mass is 16.3. The molecule has 0 radical (unpaired) electrons. The molecular weight excluding hydrogens is 140 g/mol. The molecule has 1 saturated carbocycles. The molecule has 0 bridgehead atoms. The summed E-state index contributed by atoms with van der Waals surface area (Å²) in [5, 5.41) is 18.7. The van der Waals surface area contributed by atoms with Crippen molar-refractivity contribution in [2.24, 2.45) is 0 Å². The van der Waals surface area contributed by atoms with Crippen LogP contribution in [0.15, 0.2) is 0 Å². The fraction of sp³-hybridized carbons (Fsp3) is 1.00. The molecule has 66 valence electrons. The Bertz CT molecular complexity index is 91.7. The summed E-state index contributed by atoms with van der Waals surface area (Å²) in [4.78, 5) is 0. The van der Waals surface area contributed by atoms with Gasteiger partial charge in [-0.2, -0.15) is 0 Å². The molecule has 0 aromatic carbocycles. The van der Waals surface area contributed by atoms with Crippen molar-refractivity contribution in [1.82, 2.24) is 0 Å². The van der Waals surface area contributed by atoms with Crippen LogP contribution < -0.4 is 0 Å². The van der Waals surface area contributed by atoms with Gasteiger partial charge in [0.2, 0.25) is 0 Å². The molecule has 2 heteroatoms. The molecule has 0 heterocycles. The van der Waals surface area contributed by atoms with Crippen LogP contribution in [0.5, 0.6) is 0 Å². The van der Waals surface area contributed by atoms with Gasteiger partial charge in [-0.1, -0.05) is 19.3 Å². The fourth-order valence-corrected chi connectivity index (χ4v) is 1.61. The molecule has 1 aliphatic rings. The van der Waals surface area contributed by atoms with Gasteiger partial charge in [-0.25, -0.2) is 0 Å². The Morgan fingerprint density at radius 2 is 1.09 bits per heavy atom. The highest BCUT2D eigenvalue weighted by Crippen LogP contribution is 2.16. The van der Waals surface area contributed by atoms with E-state index >= 15 is 0 Å². The predicted octanol–water partition coefficient (Wildman–Crippen LogP) is 1.45. The second-order valence-corrected chi connectivity index (χ2v) is 3.52. The Morgan fingerprint density at radius 3 is 1.55 bits per heavy atom. The summed E-state index contributed by atoms with van der Waals surface area (Å²) in [6, 6.07) is 0. The van der Waals surface area contributed by atoms with E-state index in [2.05, 4.69) is 0 Å². The molecule has 0 amide bonds. The van der Waals surface area contributed by atoms with Gasteiger partial charge in [-0.15, -0.1) is 0 Å². The highest BCUT2D eigenvalue weighted by Gasteiger charge is 2.11. The van der Waals surface area contributed by atoms with Crippen LogP contribution in [0.2, 0.25) is 0 Å². The molecule has 1 fully saturated rings. The normalized spacial score (nSPS) is 35.5. The number of rotatable bonds is 0. The van der Waals surface area contributed by atoms with Gasteiger partial charge in [0.15, 0.2) is 0 Å². The van der Waals surface area contributed by atoms with Crippen LogP contribution in [0.25, 0.3) is 0 Å². The van der Waals surface area contributed by atoms with Gasteiger partial charge in [0.25, 0.3) is 0 Å². The van der Waals surface area contributed by atoms with Gasteiger partial charge in [0.1, 0.15) is 0 Å². The lowest BCUT2D eigenvalue weighted by atomic mass is 10.1. The van der Waals surface area contributed by atoms with Gasteiger partial charge in [0, 0.05) is 0 Å². The molecule has 2 nitrogen and oxygen atoms in total. The number of aliphatic hydroxyl groups excluding tert-OH is 2. The third kappa shape index (κ3) is 3.73. The minimum Gasteiger partial charge on any atom is -0.393 e. The average Bonchev–Trinajstić information content (AvgIpc) is 2.06. The van der Waals surface area contributed by atoms with E-state index in [-0.39, 0.29) is 12.2 Å². The van der Waals surface area contributed by atoms with Crippen LogP contribution in [-0.4, -0.2) is 22.4 Å². The second kappa shape index (κ2) is 4.73. The van der Waals surface area contributed by atoms with Gasteiger partial charge < -0.3 is 10.2 Å². The Hall–Kier alpha value is -0.0800. The maximum Gasteiger partial charge on any atom is 0.0541 e. The van der Waals surface area contributed by atoms with Gasteiger partial charge in [-0.3, -0.25) is 0 Å². The monoisotopic (exact) mass is 158 g/mol. The lowest BCUT2D eigenvalue weighted by molar-refractivity contribution is 0.109. The standard InChI is InChI=1S/C9H18O2/c10-8-4-2-1-3-5-9(11)7-6-8/h8-11H,1-7H2. The maximum absolute atomic E-state index is 9.35. The quantitative estimate of drug-likeness (QED) is 0.560. The molecule has 0 spiro atoms. The molecular formula is C9H18O2. The van der Waals surface area contributed by atoms with E-state index < -0.39 is 0 Å². The van der Waals surface area contributed by atoms with Gasteiger partial charge >= 0.3 is 0 Å². The Labute approximate surface area is 68.2 Å². The number of hydrogen-bond acceptors (Lipinski definition) is 2. The molecule has 2 atom stereocenters. The second-order valence-electron chi connectivity index (χ2n) is 3.52. The topological polar surface area (TPSA) is 40.5 Å². The van der Waals surface area contributed by atoms with Crippen LogP contribution in [0.3, 0.4) is 0 Å². The van der Waals surface area contributed by atoms with Crippen molar-refractivity contribution in [3.63, 3.8) is 0 Å². The zero-order valence-corrected chi connectivity index (χ0v) is 7.00. The smallest absolute Gasteiger partial charge is 0.0541 e. The lowest BCUT2D eigenvalue weighted by Crippen LogP contribution is -2.11. The van der Waals surface area contributed by atoms with Crippen molar-refractivity contribution >= 4 is 0 Å². The molecule has 2 N–H and O–H groups in total. The van der Waals surface area contributed by atoms with Crippen molar-refractivity contribution < 1.29 is 10.2 Å². The number of hydrogen-bond donors (Lipinski definition) is 2. The Morgan fingerprint density at radius 1 is 0.636 bits per heavy atom. The molecule has 0 aromatic rings. The molecule has 1 rings (SSSR count). The summed E-state index contributed by atoms with van der Waals surface area (Å²) in [5.74, 6) is 0. The van der Waals surface area contributed by atoms with Crippen molar-refractivity contribution in [3.05, 3.63) is 0 Å². The third-order valence-corrected chi connectivity index (χ3v) is 2.41. The van der Waals surface area contributed by atoms with Crippen molar-refractivity contribution in [1.29, 1.82) is 0 Å². The van der Waals surface area contributed by atoms with E-state index in [1.165, 1.54) is 0 Å². The van der Waals surface area contributed by atoms with E-state index in [0.717, 1.165) is 44.9 Å². The summed E-state index contributed by atoms with van der Waals surface area (Å²) < 4.78 is 0. The highest BCUT2D eigenvalue weighted by molar-refractivity contribution is 4.65. The van der Waals surface area contributed by atoms with E-state index in [4.69, 9.17) is 0 Å². The lowest BCUT2D eigenvalue weighted by Gasteiger charge is -2.10. The van der Waals surface area contributed by atoms with Crippen LogP contribution in [0.4, 0.5) is 0 Å². The summed E-state index contributed by atoms with van der Waals surface area (Å²) in [5.41, 5.74) is 0. The van der Waals surface area contributed by atoms with Crippen molar-refractivity contribution in [2.75, 3.05) is 0 Å². The van der Waals surface area contributed by atoms with E-state index in [1.54, 1.807) is 0 Å². The van der Waals surface area contributed by atoms with Crippen molar-refractivity contribution in [3.8, 4) is 0 Å². The minimum atomic E-state index is -0.164. The van der Waals surface area contributed by atoms with E-state index in [1.807, 2.05) is 0 Å². The molecule has 11 heavy (non-hydrogen) atoms. The van der Waals surface area contributed by atoms with Crippen LogP contribution in [-0.2, 0) is 0 Å². The molecule has 1 aliphatic carbocycles. The van der Waals surface area contributed by atoms with Crippen LogP contribution >= 0.6 is 0 Å². The third-order valence-electron chi connectivity index (χ3n) is 2.41. The fourth-order valence-electron chi connectivity index (χ4n) is 1.61. The zero-order chi connectivity index (χ0) is 8.10. The van der Waals surface area contributed by atoms with E-state index in [9.17, 15) is 10.2 Å². The largest absolute Gasteiger partial charge is 0.393 e. The zero-order valence-electron chi connectivity index (χ0n) is 7.00. The first-order valence-corrected chi connectivity index (χ1v) is 4.65. The van der Waals surface area contributed by atoms with Gasteiger partial charge in [-0.05, 0) is 25.7 Å². The first kappa shape index (κ1) is 9.01. The summed E-state index contributed by atoms with van der Waals surface area (Å²) in [7, 11) is 0. The SMILES string of the molecule is OC1CCCCCC(O)CC1. The van der Waals surface area contributed by atoms with E-state index in [0.29, 0.717) is 0 Å². The minimum absolute atomic E-state index is 0.164. The first-order valence-electron chi connectivity index (χ1n) is 4.65. The summed E-state index contributed by atoms with van der Waals surface area (Å²) >= 11 is 0. The van der Waals surface area contributed by atoms with Crippen molar-refractivity contribution in [2.45, 2.75) is 57.2 Å². The Balaban J connectivity index is 2.25. The number of aliphatic hydroxyl groups is 2. The van der Waals surface area contributed by atoms with Crippen LogP contribution in [0, 0.1) is 0 Å². The van der Waals surface area contributed by atoms with Gasteiger partial charge in [0.05, 0.1) is 12.2 Å². The average molecular weight is 158 g/mol. The first-order chi connectivity index (χ1) is 5.29. The molecule has 0 aromatic heterocycles. The summed E-state index contributed by atoms with van der Waals surface area (Å²) in [6.07, 6.45) is 6.47. The molecule has 0 saturated heterocycles. The summed E-state index contributed by atoms with van der Waals surface area (Å²) in [6.45, 7) is 0. The van der Waals surface area contributed by atoms with Crippen LogP contribution in [0.1, 0.15) is 44.9 Å². The maximum atomic E-state index is 9.35.